The third kappa shape index (κ3) is 47.9. The smallest absolute Gasteiger partial charge is 0.220 e. The van der Waals surface area contributed by atoms with Gasteiger partial charge in [0.1, 0.15) is 48.8 Å². The molecule has 0 radical (unpaired) electrons. The number of rotatable bonds is 60. The second-order valence-corrected chi connectivity index (χ2v) is 25.7. The number of hydrogen-bond donors (Lipinski definition) is 9. The Morgan fingerprint density at radius 1 is 0.381 bits per heavy atom. The number of aliphatic hydroxyl groups excluding tert-OH is 8. The van der Waals surface area contributed by atoms with Gasteiger partial charge < -0.3 is 65.1 Å². The van der Waals surface area contributed by atoms with E-state index in [1.165, 1.54) is 89.9 Å². The predicted molar refractivity (Wildman–Crippen MR) is 400 cm³/mol. The quantitative estimate of drug-likeness (QED) is 0.0204. The van der Waals surface area contributed by atoms with Crippen molar-refractivity contribution >= 4 is 5.91 Å². The molecule has 9 N–H and O–H groups in total. The minimum Gasteiger partial charge on any atom is -0.394 e. The van der Waals surface area contributed by atoms with Gasteiger partial charge in [0.25, 0.3) is 0 Å². The average molecular weight is 1350 g/mol. The molecular weight excluding hydrogens is 1220 g/mol. The molecule has 0 bridgehead atoms. The SMILES string of the molecule is CC/C=C\C/C=C\C/C=C\C/C=C\C/C=C\C/C=C\C/C=C\C/C=C\C/C=C\C/C=C\C/C=C\CCCCCCCC(=O)NC(COC1OC(CO)C(OC2OC(CO)C(O)C(O)C2O)C(O)C1O)C(O)/C=C/CC/C=C/CC/C=C/CCCCCCCCCCCCCCCC. The van der Waals surface area contributed by atoms with Crippen molar-refractivity contribution in [2.24, 2.45) is 0 Å². The number of amides is 1. The summed E-state index contributed by atoms with van der Waals surface area (Å²) < 4.78 is 22.8. The molecule has 12 unspecified atom stereocenters. The van der Waals surface area contributed by atoms with Crippen molar-refractivity contribution in [1.29, 1.82) is 0 Å². The zero-order valence-corrected chi connectivity index (χ0v) is 60.0. The van der Waals surface area contributed by atoms with Crippen LogP contribution in [0.5, 0.6) is 0 Å². The molecule has 0 aromatic rings. The van der Waals surface area contributed by atoms with E-state index in [9.17, 15) is 45.6 Å². The summed E-state index contributed by atoms with van der Waals surface area (Å²) in [5, 5.41) is 87.5. The second kappa shape index (κ2) is 64.7. The van der Waals surface area contributed by atoms with Gasteiger partial charge in [-0.05, 0) is 128 Å². The molecule has 2 rings (SSSR count). The molecule has 2 saturated heterocycles. The summed E-state index contributed by atoms with van der Waals surface area (Å²) in [6.07, 6.45) is 84.1. The molecule has 0 spiro atoms. The first-order valence-electron chi connectivity index (χ1n) is 37.9. The largest absolute Gasteiger partial charge is 0.394 e. The van der Waals surface area contributed by atoms with Crippen molar-refractivity contribution in [3.63, 3.8) is 0 Å². The lowest BCUT2D eigenvalue weighted by Crippen LogP contribution is -2.65. The molecule has 0 aliphatic carbocycles. The molecule has 12 atom stereocenters. The molecule has 0 saturated carbocycles. The summed E-state index contributed by atoms with van der Waals surface area (Å²) in [7, 11) is 0. The second-order valence-electron chi connectivity index (χ2n) is 25.7. The Morgan fingerprint density at radius 3 is 1.13 bits per heavy atom. The Hall–Kier alpha value is -4.65. The molecule has 14 nitrogen and oxygen atoms in total. The van der Waals surface area contributed by atoms with Crippen LogP contribution in [0.2, 0.25) is 0 Å². The van der Waals surface area contributed by atoms with Crippen molar-refractivity contribution in [3.05, 3.63) is 170 Å². The maximum atomic E-state index is 13.3. The number of unbranched alkanes of at least 4 members (excludes halogenated alkanes) is 21. The monoisotopic (exact) mass is 1350 g/mol. The standard InChI is InChI=1S/C83H135NO13/c1-3-5-7-9-11-13-15-17-19-21-23-25-27-29-30-31-32-33-34-35-36-37-38-39-40-41-42-43-45-47-49-51-53-55-57-59-61-63-65-67-75(88)84-71(70-94-82-80(93)78(91)81(74(69-86)96-82)97-83-79(92)77(90)76(89)73(68-85)95-83)72(87)66-64-62-60-58-56-54-52-50-48-46-44-28-26-24-22-20-18-16-14-12-10-8-6-4-2/h5,7,11,13,17,19,23,25,29-30,32-33,35-36,38-39,41-42,45,47-48,50-51,53,56,58,64,66,71-74,76-83,85-87,89-93H,3-4,6,8-10,12,14-16,18,20-22,24,26-28,31,34,37,40,43-44,46,49,52,54-55,57,59-63,65,67-70H2,1-2H3,(H,84,88)/b7-5-,13-11-,19-17-,25-23-,30-29-,33-32-,36-35-,39-38-,42-41-,47-45-,50-48+,53-51-,58-56+,66-64+. The highest BCUT2D eigenvalue weighted by molar-refractivity contribution is 5.76. The summed E-state index contributed by atoms with van der Waals surface area (Å²) in [6.45, 7) is 2.65. The Labute approximate surface area is 588 Å². The Kier molecular flexibility index (Phi) is 59.0. The van der Waals surface area contributed by atoms with E-state index in [2.05, 4.69) is 177 Å². The third-order valence-corrected chi connectivity index (χ3v) is 17.1. The first-order chi connectivity index (χ1) is 47.6. The lowest BCUT2D eigenvalue weighted by atomic mass is 9.97. The summed E-state index contributed by atoms with van der Waals surface area (Å²) in [6, 6.07) is -0.963. The van der Waals surface area contributed by atoms with E-state index in [-0.39, 0.29) is 18.9 Å². The van der Waals surface area contributed by atoms with Crippen molar-refractivity contribution in [2.45, 2.75) is 325 Å². The number of hydrogen-bond acceptors (Lipinski definition) is 13. The van der Waals surface area contributed by atoms with Crippen LogP contribution in [0, 0.1) is 0 Å². The van der Waals surface area contributed by atoms with E-state index in [0.717, 1.165) is 128 Å². The van der Waals surface area contributed by atoms with Crippen molar-refractivity contribution in [2.75, 3.05) is 19.8 Å². The molecular formula is C83H135NO13. The van der Waals surface area contributed by atoms with Gasteiger partial charge in [-0.2, -0.15) is 0 Å². The van der Waals surface area contributed by atoms with Gasteiger partial charge >= 0.3 is 0 Å². The number of nitrogens with one attached hydrogen (secondary N) is 1. The topological polar surface area (TPSA) is 228 Å². The minimum absolute atomic E-state index is 0.236. The fraction of sp³-hybridized carbons (Fsp3) is 0.651. The van der Waals surface area contributed by atoms with Crippen molar-refractivity contribution in [1.82, 2.24) is 5.32 Å². The molecule has 2 heterocycles. The van der Waals surface area contributed by atoms with Crippen LogP contribution >= 0.6 is 0 Å². The number of carbonyl (C=O) groups is 1. The first-order valence-corrected chi connectivity index (χ1v) is 37.9. The summed E-state index contributed by atoms with van der Waals surface area (Å²) in [5.41, 5.74) is 0. The Bertz CT molecular complexity index is 2290. The van der Waals surface area contributed by atoms with Crippen LogP contribution in [0.4, 0.5) is 0 Å². The average Bonchev–Trinajstić information content (AvgIpc) is 0.794. The van der Waals surface area contributed by atoms with Gasteiger partial charge in [-0.25, -0.2) is 0 Å². The highest BCUT2D eigenvalue weighted by Gasteiger charge is 2.51. The van der Waals surface area contributed by atoms with E-state index >= 15 is 0 Å². The third-order valence-electron chi connectivity index (χ3n) is 17.1. The molecule has 14 heteroatoms. The molecule has 97 heavy (non-hydrogen) atoms. The van der Waals surface area contributed by atoms with Gasteiger partial charge in [-0.3, -0.25) is 4.79 Å². The van der Waals surface area contributed by atoms with E-state index in [0.29, 0.717) is 12.8 Å². The molecule has 550 valence electrons. The van der Waals surface area contributed by atoms with Crippen LogP contribution < -0.4 is 5.32 Å². The van der Waals surface area contributed by atoms with Crippen LogP contribution in [0.1, 0.15) is 251 Å². The number of aliphatic hydroxyl groups is 8. The van der Waals surface area contributed by atoms with Gasteiger partial charge in [0, 0.05) is 6.42 Å². The number of carbonyl (C=O) groups excluding carboxylic acids is 1. The number of ether oxygens (including phenoxy) is 4. The van der Waals surface area contributed by atoms with E-state index < -0.39 is 86.8 Å². The number of allylic oxidation sites excluding steroid dienone is 27. The summed E-state index contributed by atoms with van der Waals surface area (Å²) in [5.74, 6) is -0.278. The Balaban J connectivity index is 1.69. The maximum Gasteiger partial charge on any atom is 0.220 e. The van der Waals surface area contributed by atoms with Crippen molar-refractivity contribution in [3.8, 4) is 0 Å². The lowest BCUT2D eigenvalue weighted by Gasteiger charge is -2.46. The zero-order chi connectivity index (χ0) is 70.1. The van der Waals surface area contributed by atoms with Crippen LogP contribution in [0.3, 0.4) is 0 Å². The van der Waals surface area contributed by atoms with Crippen LogP contribution in [0.15, 0.2) is 170 Å². The molecule has 2 fully saturated rings. The van der Waals surface area contributed by atoms with Gasteiger partial charge in [-0.15, -0.1) is 0 Å². The van der Waals surface area contributed by atoms with Gasteiger partial charge in [0.2, 0.25) is 5.91 Å². The molecule has 2 aliphatic heterocycles. The molecule has 0 aromatic heterocycles. The zero-order valence-electron chi connectivity index (χ0n) is 60.0. The predicted octanol–water partition coefficient (Wildman–Crippen LogP) is 16.7. The first kappa shape index (κ1) is 88.4. The van der Waals surface area contributed by atoms with Gasteiger partial charge in [0.15, 0.2) is 12.6 Å². The van der Waals surface area contributed by atoms with E-state index in [1.807, 2.05) is 6.08 Å². The van der Waals surface area contributed by atoms with E-state index in [4.69, 9.17) is 18.9 Å². The van der Waals surface area contributed by atoms with Gasteiger partial charge in [-0.1, -0.05) is 287 Å². The molecule has 0 aromatic carbocycles. The van der Waals surface area contributed by atoms with Crippen LogP contribution in [-0.4, -0.2) is 140 Å². The summed E-state index contributed by atoms with van der Waals surface area (Å²) >= 11 is 0. The maximum absolute atomic E-state index is 13.3. The van der Waals surface area contributed by atoms with E-state index in [1.54, 1.807) is 6.08 Å². The Morgan fingerprint density at radius 2 is 0.722 bits per heavy atom. The fourth-order valence-corrected chi connectivity index (χ4v) is 11.2. The summed E-state index contributed by atoms with van der Waals surface area (Å²) in [4.78, 5) is 13.3. The fourth-order valence-electron chi connectivity index (χ4n) is 11.2. The minimum atomic E-state index is -1.80. The molecule has 1 amide bonds. The van der Waals surface area contributed by atoms with Crippen LogP contribution in [-0.2, 0) is 23.7 Å². The highest BCUT2D eigenvalue weighted by atomic mass is 16.7. The normalized spacial score (nSPS) is 23.2. The van der Waals surface area contributed by atoms with Gasteiger partial charge in [0.05, 0.1) is 32.0 Å². The molecule has 2 aliphatic rings. The van der Waals surface area contributed by atoms with Crippen LogP contribution in [0.25, 0.3) is 0 Å². The lowest BCUT2D eigenvalue weighted by molar-refractivity contribution is -0.359. The highest BCUT2D eigenvalue weighted by Crippen LogP contribution is 2.30. The van der Waals surface area contributed by atoms with Crippen molar-refractivity contribution < 1.29 is 64.6 Å².